The second kappa shape index (κ2) is 14.0. The van der Waals surface area contributed by atoms with E-state index in [2.05, 4.69) is 40.7 Å². The Labute approximate surface area is 248 Å². The van der Waals surface area contributed by atoms with Gasteiger partial charge in [0.25, 0.3) is 11.8 Å². The summed E-state index contributed by atoms with van der Waals surface area (Å²) in [5, 5.41) is 0. The Morgan fingerprint density at radius 3 is 2.43 bits per heavy atom. The zero-order valence-electron chi connectivity index (χ0n) is 24.6. The van der Waals surface area contributed by atoms with Gasteiger partial charge in [0, 0.05) is 56.7 Å². The van der Waals surface area contributed by atoms with Gasteiger partial charge in [-0.2, -0.15) is 0 Å². The molecule has 1 fully saturated rings. The Hall–Kier alpha value is -4.36. The summed E-state index contributed by atoms with van der Waals surface area (Å²) in [6.07, 6.45) is 7.19. The van der Waals surface area contributed by atoms with Gasteiger partial charge in [0.1, 0.15) is 5.76 Å². The van der Waals surface area contributed by atoms with Gasteiger partial charge in [0.05, 0.1) is 13.1 Å². The number of benzene rings is 2. The molecule has 7 heteroatoms. The van der Waals surface area contributed by atoms with Gasteiger partial charge >= 0.3 is 0 Å². The molecule has 0 atom stereocenters. The van der Waals surface area contributed by atoms with Crippen molar-refractivity contribution in [2.24, 2.45) is 0 Å². The topological polar surface area (TPSA) is 61.9 Å². The first-order valence-electron chi connectivity index (χ1n) is 14.8. The maximum absolute atomic E-state index is 13.4. The molecule has 1 aliphatic rings. The average molecular weight is 565 g/mol. The minimum absolute atomic E-state index is 0.0425. The summed E-state index contributed by atoms with van der Waals surface area (Å²) in [5.74, 6) is 1.07. The van der Waals surface area contributed by atoms with E-state index < -0.39 is 0 Å². The van der Waals surface area contributed by atoms with E-state index >= 15 is 0 Å². The molecule has 0 radical (unpaired) electrons. The van der Waals surface area contributed by atoms with Gasteiger partial charge in [-0.1, -0.05) is 67.6 Å². The number of aryl methyl sites for hydroxylation is 1. The number of nitrogens with zero attached hydrogens (tertiary/aromatic N) is 4. The molecule has 0 bridgehead atoms. The van der Waals surface area contributed by atoms with Crippen molar-refractivity contribution >= 4 is 17.9 Å². The highest BCUT2D eigenvalue weighted by atomic mass is 16.4. The van der Waals surface area contributed by atoms with Crippen LogP contribution in [0, 0.1) is 6.92 Å². The number of hydrogen-bond acceptors (Lipinski definition) is 4. The highest BCUT2D eigenvalue weighted by Gasteiger charge is 2.24. The molecular formula is C35H40N4O3. The zero-order valence-corrected chi connectivity index (χ0v) is 24.6. The number of piperazine rings is 1. The van der Waals surface area contributed by atoms with Crippen molar-refractivity contribution in [3.05, 3.63) is 125 Å². The van der Waals surface area contributed by atoms with Crippen molar-refractivity contribution in [1.82, 2.24) is 19.3 Å². The van der Waals surface area contributed by atoms with Gasteiger partial charge in [-0.3, -0.25) is 14.5 Å². The average Bonchev–Trinajstić information content (AvgIpc) is 3.67. The van der Waals surface area contributed by atoms with Crippen LogP contribution in [0.15, 0.2) is 95.6 Å². The van der Waals surface area contributed by atoms with Crippen molar-refractivity contribution < 1.29 is 14.0 Å². The Morgan fingerprint density at radius 2 is 1.67 bits per heavy atom. The molecule has 5 rings (SSSR count). The number of rotatable bonds is 11. The predicted octanol–water partition coefficient (Wildman–Crippen LogP) is 5.96. The maximum Gasteiger partial charge on any atom is 0.289 e. The first-order chi connectivity index (χ1) is 20.5. The SMILES string of the molecule is CCCN(Cc1cccn1Cc1ccc(C(=O)N2CCN(CC=Cc3ccccc3)CC2)o1)C(=O)c1ccccc1C. The fourth-order valence-corrected chi connectivity index (χ4v) is 5.39. The molecule has 3 heterocycles. The lowest BCUT2D eigenvalue weighted by Crippen LogP contribution is -2.48. The van der Waals surface area contributed by atoms with E-state index in [1.54, 1.807) is 6.07 Å². The lowest BCUT2D eigenvalue weighted by molar-refractivity contribution is 0.0616. The van der Waals surface area contributed by atoms with Crippen molar-refractivity contribution in [1.29, 1.82) is 0 Å². The molecule has 0 N–H and O–H groups in total. The first kappa shape index (κ1) is 29.1. The third-order valence-electron chi connectivity index (χ3n) is 7.76. The quantitative estimate of drug-likeness (QED) is 0.226. The third-order valence-corrected chi connectivity index (χ3v) is 7.76. The van der Waals surface area contributed by atoms with Crippen LogP contribution in [0.2, 0.25) is 0 Å². The molecule has 2 aromatic heterocycles. The van der Waals surface area contributed by atoms with Gasteiger partial charge in [-0.05, 0) is 54.8 Å². The molecule has 42 heavy (non-hydrogen) atoms. The van der Waals surface area contributed by atoms with Crippen LogP contribution in [-0.2, 0) is 13.1 Å². The highest BCUT2D eigenvalue weighted by Crippen LogP contribution is 2.18. The van der Waals surface area contributed by atoms with Gasteiger partial charge in [-0.15, -0.1) is 0 Å². The second-order valence-electron chi connectivity index (χ2n) is 10.8. The molecule has 218 valence electrons. The van der Waals surface area contributed by atoms with E-state index in [4.69, 9.17) is 4.42 Å². The molecule has 2 amide bonds. The fraction of sp³-hybridized carbons (Fsp3) is 0.314. The Morgan fingerprint density at radius 1 is 0.905 bits per heavy atom. The molecule has 0 unspecified atom stereocenters. The molecule has 1 saturated heterocycles. The van der Waals surface area contributed by atoms with Crippen molar-refractivity contribution in [3.8, 4) is 0 Å². The first-order valence-corrected chi connectivity index (χ1v) is 14.8. The summed E-state index contributed by atoms with van der Waals surface area (Å²) in [4.78, 5) is 32.7. The van der Waals surface area contributed by atoms with Gasteiger partial charge in [0.15, 0.2) is 5.76 Å². The van der Waals surface area contributed by atoms with Crippen LogP contribution in [0.3, 0.4) is 0 Å². The molecule has 0 saturated carbocycles. The van der Waals surface area contributed by atoms with E-state index in [0.29, 0.717) is 44.2 Å². The lowest BCUT2D eigenvalue weighted by Gasteiger charge is -2.33. The number of aromatic nitrogens is 1. The molecular weight excluding hydrogens is 524 g/mol. The van der Waals surface area contributed by atoms with Crippen molar-refractivity contribution in [2.75, 3.05) is 39.3 Å². The molecule has 4 aromatic rings. The van der Waals surface area contributed by atoms with E-state index in [9.17, 15) is 9.59 Å². The van der Waals surface area contributed by atoms with Crippen molar-refractivity contribution in [3.63, 3.8) is 0 Å². The van der Waals surface area contributed by atoms with E-state index in [1.165, 1.54) is 5.56 Å². The van der Waals surface area contributed by atoms with Crippen LogP contribution < -0.4 is 0 Å². The number of amides is 2. The summed E-state index contributed by atoms with van der Waals surface area (Å²) < 4.78 is 8.12. The lowest BCUT2D eigenvalue weighted by atomic mass is 10.1. The number of hydrogen-bond donors (Lipinski definition) is 0. The number of furan rings is 1. The maximum atomic E-state index is 13.4. The standard InChI is InChI=1S/C35H40N4O3/c1-3-19-39(34(40)32-16-8-7-11-28(32)2)26-30-15-10-21-38(30)27-31-17-18-33(42-31)35(41)37-24-22-36(23-25-37)20-9-14-29-12-5-4-6-13-29/h4-18,21H,3,19-20,22-27H2,1-2H3. The summed E-state index contributed by atoms with van der Waals surface area (Å²) in [6.45, 7) is 9.63. The molecule has 0 spiro atoms. The van der Waals surface area contributed by atoms with E-state index in [-0.39, 0.29) is 11.8 Å². The Balaban J connectivity index is 1.16. The number of carbonyl (C=O) groups excluding carboxylic acids is 2. The van der Waals surface area contributed by atoms with Crippen LogP contribution in [0.4, 0.5) is 0 Å². The minimum atomic E-state index is -0.0635. The van der Waals surface area contributed by atoms with Gasteiger partial charge in [-0.25, -0.2) is 0 Å². The summed E-state index contributed by atoms with van der Waals surface area (Å²) in [5.41, 5.74) is 3.93. The summed E-state index contributed by atoms with van der Waals surface area (Å²) >= 11 is 0. The minimum Gasteiger partial charge on any atom is -0.454 e. The predicted molar refractivity (Wildman–Crippen MR) is 166 cm³/mol. The summed E-state index contributed by atoms with van der Waals surface area (Å²) in [6, 6.07) is 25.7. The fourth-order valence-electron chi connectivity index (χ4n) is 5.39. The van der Waals surface area contributed by atoms with E-state index in [1.807, 2.05) is 83.6 Å². The Kier molecular flexibility index (Phi) is 9.72. The van der Waals surface area contributed by atoms with Crippen LogP contribution >= 0.6 is 0 Å². The van der Waals surface area contributed by atoms with Crippen LogP contribution in [0.25, 0.3) is 6.08 Å². The second-order valence-corrected chi connectivity index (χ2v) is 10.8. The molecule has 1 aliphatic heterocycles. The Bertz CT molecular complexity index is 1500. The largest absolute Gasteiger partial charge is 0.454 e. The third kappa shape index (κ3) is 7.28. The molecule has 7 nitrogen and oxygen atoms in total. The normalized spacial score (nSPS) is 14.0. The zero-order chi connectivity index (χ0) is 29.3. The van der Waals surface area contributed by atoms with Gasteiger partial charge in [0.2, 0.25) is 0 Å². The molecule has 2 aromatic carbocycles. The monoisotopic (exact) mass is 564 g/mol. The van der Waals surface area contributed by atoms with Crippen LogP contribution in [0.1, 0.15) is 56.8 Å². The van der Waals surface area contributed by atoms with Crippen LogP contribution in [-0.4, -0.2) is 70.3 Å². The van der Waals surface area contributed by atoms with Gasteiger partial charge < -0.3 is 18.8 Å². The van der Waals surface area contributed by atoms with E-state index in [0.717, 1.165) is 42.9 Å². The molecule has 0 aliphatic carbocycles. The highest BCUT2D eigenvalue weighted by molar-refractivity contribution is 5.95. The number of carbonyl (C=O) groups is 2. The van der Waals surface area contributed by atoms with Crippen LogP contribution in [0.5, 0.6) is 0 Å². The smallest absolute Gasteiger partial charge is 0.289 e. The summed E-state index contributed by atoms with van der Waals surface area (Å²) in [7, 11) is 0. The van der Waals surface area contributed by atoms with Crippen molar-refractivity contribution in [2.45, 2.75) is 33.4 Å².